The second kappa shape index (κ2) is 7.50. The first-order chi connectivity index (χ1) is 10.0. The molecule has 1 N–H and O–H groups in total. The van der Waals surface area contributed by atoms with Crippen molar-refractivity contribution in [2.24, 2.45) is 0 Å². The molecule has 2 rings (SSSR count). The molecule has 1 saturated heterocycles. The lowest BCUT2D eigenvalue weighted by Crippen LogP contribution is -2.24. The van der Waals surface area contributed by atoms with E-state index >= 15 is 0 Å². The van der Waals surface area contributed by atoms with Gasteiger partial charge in [0.1, 0.15) is 5.75 Å². The molecule has 0 aliphatic carbocycles. The predicted molar refractivity (Wildman–Crippen MR) is 84.7 cm³/mol. The number of aryl methyl sites for hydroxylation is 1. The molecule has 0 radical (unpaired) electrons. The number of hydrogen-bond acceptors (Lipinski definition) is 4. The third kappa shape index (κ3) is 5.08. The lowest BCUT2D eigenvalue weighted by atomic mass is 10.1. The van der Waals surface area contributed by atoms with Crippen LogP contribution in [0.1, 0.15) is 38.7 Å². The number of carbonyl (C=O) groups is 2. The molecule has 21 heavy (non-hydrogen) atoms. The molecule has 1 aliphatic rings. The molecule has 2 amide bonds. The van der Waals surface area contributed by atoms with Gasteiger partial charge in [-0.15, -0.1) is 0 Å². The SMILES string of the molecule is CC(C)Oc1ccc(CCCC[C@H]2SC(=O)NC2=O)cc1. The summed E-state index contributed by atoms with van der Waals surface area (Å²) in [5.74, 6) is 0.756. The summed E-state index contributed by atoms with van der Waals surface area (Å²) in [6.45, 7) is 4.02. The van der Waals surface area contributed by atoms with Gasteiger partial charge in [0.05, 0.1) is 11.4 Å². The Hall–Kier alpha value is -1.49. The van der Waals surface area contributed by atoms with Crippen LogP contribution < -0.4 is 10.1 Å². The van der Waals surface area contributed by atoms with Crippen LogP contribution >= 0.6 is 11.8 Å². The van der Waals surface area contributed by atoms with Gasteiger partial charge in [-0.2, -0.15) is 0 Å². The molecule has 114 valence electrons. The summed E-state index contributed by atoms with van der Waals surface area (Å²) in [7, 11) is 0. The quantitative estimate of drug-likeness (QED) is 0.783. The number of hydrogen-bond donors (Lipinski definition) is 1. The Balaban J connectivity index is 1.69. The van der Waals surface area contributed by atoms with E-state index in [-0.39, 0.29) is 22.5 Å². The number of unbranched alkanes of at least 4 members (excludes halogenated alkanes) is 1. The van der Waals surface area contributed by atoms with Crippen molar-refractivity contribution in [2.45, 2.75) is 50.9 Å². The van der Waals surface area contributed by atoms with E-state index in [0.29, 0.717) is 0 Å². The van der Waals surface area contributed by atoms with Crippen LogP contribution in [0.4, 0.5) is 4.79 Å². The first kappa shape index (κ1) is 15.9. The minimum atomic E-state index is -0.217. The van der Waals surface area contributed by atoms with Crippen LogP contribution in [0.2, 0.25) is 0 Å². The maximum atomic E-state index is 11.4. The fraction of sp³-hybridized carbons (Fsp3) is 0.500. The number of nitrogens with one attached hydrogen (secondary N) is 1. The van der Waals surface area contributed by atoms with Gasteiger partial charge < -0.3 is 4.74 Å². The van der Waals surface area contributed by atoms with Gasteiger partial charge in [0.25, 0.3) is 5.24 Å². The van der Waals surface area contributed by atoms with Gasteiger partial charge in [0, 0.05) is 0 Å². The Morgan fingerprint density at radius 1 is 1.19 bits per heavy atom. The highest BCUT2D eigenvalue weighted by atomic mass is 32.2. The zero-order chi connectivity index (χ0) is 15.2. The molecular formula is C16H21NO3S. The Bertz CT molecular complexity index is 499. The minimum Gasteiger partial charge on any atom is -0.491 e. The Morgan fingerprint density at radius 3 is 2.48 bits per heavy atom. The van der Waals surface area contributed by atoms with Crippen molar-refractivity contribution in [1.29, 1.82) is 0 Å². The molecule has 1 fully saturated rings. The van der Waals surface area contributed by atoms with E-state index in [1.807, 2.05) is 26.0 Å². The molecule has 1 heterocycles. The average molecular weight is 307 g/mol. The third-order valence-electron chi connectivity index (χ3n) is 3.24. The fourth-order valence-corrected chi connectivity index (χ4v) is 3.12. The van der Waals surface area contributed by atoms with E-state index in [4.69, 9.17) is 4.74 Å². The molecule has 0 saturated carbocycles. The van der Waals surface area contributed by atoms with Crippen LogP contribution in [0.3, 0.4) is 0 Å². The summed E-state index contributed by atoms with van der Waals surface area (Å²) < 4.78 is 5.61. The van der Waals surface area contributed by atoms with Crippen LogP contribution in [0.25, 0.3) is 0 Å². The molecule has 4 nitrogen and oxygen atoms in total. The number of ether oxygens (including phenoxy) is 1. The second-order valence-electron chi connectivity index (χ2n) is 5.44. The molecule has 1 atom stereocenters. The van der Waals surface area contributed by atoms with E-state index in [2.05, 4.69) is 17.4 Å². The van der Waals surface area contributed by atoms with E-state index < -0.39 is 0 Å². The molecular weight excluding hydrogens is 286 g/mol. The van der Waals surface area contributed by atoms with E-state index in [9.17, 15) is 9.59 Å². The molecule has 0 unspecified atom stereocenters. The number of imide groups is 1. The summed E-state index contributed by atoms with van der Waals surface area (Å²) in [6.07, 6.45) is 3.89. The largest absolute Gasteiger partial charge is 0.491 e. The van der Waals surface area contributed by atoms with Crippen molar-refractivity contribution in [3.8, 4) is 5.75 Å². The lowest BCUT2D eigenvalue weighted by molar-refractivity contribution is -0.119. The highest BCUT2D eigenvalue weighted by molar-refractivity contribution is 8.15. The number of rotatable bonds is 7. The Kier molecular flexibility index (Phi) is 5.67. The van der Waals surface area contributed by atoms with Crippen LogP contribution in [-0.4, -0.2) is 22.5 Å². The maximum Gasteiger partial charge on any atom is 0.286 e. The van der Waals surface area contributed by atoms with Crippen LogP contribution in [-0.2, 0) is 11.2 Å². The van der Waals surface area contributed by atoms with Crippen LogP contribution in [0.5, 0.6) is 5.75 Å². The number of carbonyl (C=O) groups excluding carboxylic acids is 2. The van der Waals surface area contributed by atoms with Gasteiger partial charge in [-0.05, 0) is 50.8 Å². The van der Waals surface area contributed by atoms with Crippen molar-refractivity contribution >= 4 is 22.9 Å². The van der Waals surface area contributed by atoms with Crippen molar-refractivity contribution < 1.29 is 14.3 Å². The van der Waals surface area contributed by atoms with Gasteiger partial charge in [0.15, 0.2) is 0 Å². The number of thioether (sulfide) groups is 1. The summed E-state index contributed by atoms with van der Waals surface area (Å²) in [5, 5.41) is 1.91. The average Bonchev–Trinajstić information content (AvgIpc) is 2.74. The normalized spacial score (nSPS) is 18.1. The highest BCUT2D eigenvalue weighted by Gasteiger charge is 2.30. The molecule has 0 bridgehead atoms. The molecule has 1 aromatic rings. The zero-order valence-corrected chi connectivity index (χ0v) is 13.2. The molecule has 1 aromatic carbocycles. The van der Waals surface area contributed by atoms with Crippen molar-refractivity contribution in [3.63, 3.8) is 0 Å². The monoisotopic (exact) mass is 307 g/mol. The predicted octanol–water partition coefficient (Wildman–Crippen LogP) is 3.54. The van der Waals surface area contributed by atoms with Gasteiger partial charge in [-0.1, -0.05) is 30.3 Å². The standard InChI is InChI=1S/C16H21NO3S/c1-11(2)20-13-9-7-12(8-10-13)5-3-4-6-14-15(18)17-16(19)21-14/h7-11,14H,3-6H2,1-2H3,(H,17,18,19)/t14-/m1/s1. The van der Waals surface area contributed by atoms with Crippen molar-refractivity contribution in [1.82, 2.24) is 5.32 Å². The Labute approximate surface area is 129 Å². The first-order valence-corrected chi connectivity index (χ1v) is 8.19. The molecule has 0 spiro atoms. The van der Waals surface area contributed by atoms with E-state index in [0.717, 1.165) is 43.2 Å². The van der Waals surface area contributed by atoms with E-state index in [1.54, 1.807) is 0 Å². The molecule has 0 aromatic heterocycles. The molecule has 1 aliphatic heterocycles. The van der Waals surface area contributed by atoms with Crippen LogP contribution in [0, 0.1) is 0 Å². The van der Waals surface area contributed by atoms with Crippen LogP contribution in [0.15, 0.2) is 24.3 Å². The smallest absolute Gasteiger partial charge is 0.286 e. The van der Waals surface area contributed by atoms with E-state index in [1.165, 1.54) is 5.56 Å². The summed E-state index contributed by atoms with van der Waals surface area (Å²) >= 11 is 1.11. The third-order valence-corrected chi connectivity index (χ3v) is 4.29. The summed E-state index contributed by atoms with van der Waals surface area (Å²) in [4.78, 5) is 22.5. The van der Waals surface area contributed by atoms with Gasteiger partial charge in [0.2, 0.25) is 5.91 Å². The maximum absolute atomic E-state index is 11.4. The highest BCUT2D eigenvalue weighted by Crippen LogP contribution is 2.24. The minimum absolute atomic E-state index is 0.139. The van der Waals surface area contributed by atoms with Gasteiger partial charge in [-0.25, -0.2) is 0 Å². The fourth-order valence-electron chi connectivity index (χ4n) is 2.25. The zero-order valence-electron chi connectivity index (χ0n) is 12.4. The first-order valence-electron chi connectivity index (χ1n) is 7.31. The topological polar surface area (TPSA) is 55.4 Å². The summed E-state index contributed by atoms with van der Waals surface area (Å²) in [6, 6.07) is 8.15. The Morgan fingerprint density at radius 2 is 1.90 bits per heavy atom. The van der Waals surface area contributed by atoms with Crippen molar-refractivity contribution in [3.05, 3.63) is 29.8 Å². The van der Waals surface area contributed by atoms with Gasteiger partial charge >= 0.3 is 0 Å². The van der Waals surface area contributed by atoms with Crippen molar-refractivity contribution in [2.75, 3.05) is 0 Å². The lowest BCUT2D eigenvalue weighted by Gasteiger charge is -2.10. The number of amides is 2. The molecule has 5 heteroatoms. The summed E-state index contributed by atoms with van der Waals surface area (Å²) in [5.41, 5.74) is 1.27. The number of benzene rings is 1. The second-order valence-corrected chi connectivity index (χ2v) is 6.62. The van der Waals surface area contributed by atoms with Gasteiger partial charge in [-0.3, -0.25) is 14.9 Å².